The maximum absolute atomic E-state index is 5.86. The summed E-state index contributed by atoms with van der Waals surface area (Å²) in [7, 11) is 1.71. The number of nitrogens with zero attached hydrogens (tertiary/aromatic N) is 1. The molecule has 0 aliphatic rings. The molecule has 0 unspecified atom stereocenters. The molecule has 0 fully saturated rings. The minimum Gasteiger partial charge on any atom is -0.441 e. The molecule has 5 heteroatoms. The van der Waals surface area contributed by atoms with Gasteiger partial charge in [0, 0.05) is 30.5 Å². The van der Waals surface area contributed by atoms with E-state index in [9.17, 15) is 0 Å². The Hall–Kier alpha value is -1.30. The van der Waals surface area contributed by atoms with Crippen molar-refractivity contribution >= 4 is 11.8 Å². The van der Waals surface area contributed by atoms with Gasteiger partial charge in [0.2, 0.25) is 0 Å². The molecule has 0 bridgehead atoms. The molecular formula is C16H22N2O2S. The number of nitrogens with one attached hydrogen (secondary N) is 1. The third-order valence-electron chi connectivity index (χ3n) is 3.15. The van der Waals surface area contributed by atoms with Crippen LogP contribution in [0, 0.1) is 0 Å². The first kappa shape index (κ1) is 16.1. The second-order valence-corrected chi connectivity index (χ2v) is 5.51. The number of benzene rings is 1. The van der Waals surface area contributed by atoms with Crippen molar-refractivity contribution in [3.05, 3.63) is 36.4 Å². The summed E-state index contributed by atoms with van der Waals surface area (Å²) in [5.74, 6) is 1.65. The van der Waals surface area contributed by atoms with Gasteiger partial charge in [-0.3, -0.25) is 0 Å². The van der Waals surface area contributed by atoms with Gasteiger partial charge in [0.1, 0.15) is 0 Å². The molecule has 2 rings (SSSR count). The maximum Gasteiger partial charge on any atom is 0.194 e. The highest BCUT2D eigenvalue weighted by Crippen LogP contribution is 2.30. The van der Waals surface area contributed by atoms with Crippen LogP contribution in [0.1, 0.15) is 12.3 Å². The van der Waals surface area contributed by atoms with E-state index in [0.29, 0.717) is 0 Å². The molecule has 114 valence electrons. The van der Waals surface area contributed by atoms with E-state index in [1.807, 2.05) is 18.3 Å². The number of ether oxygens (including phenoxy) is 1. The van der Waals surface area contributed by atoms with E-state index in [2.05, 4.69) is 28.7 Å². The Morgan fingerprint density at radius 2 is 2.14 bits per heavy atom. The smallest absolute Gasteiger partial charge is 0.194 e. The average Bonchev–Trinajstić information content (AvgIpc) is 2.99. The molecular weight excluding hydrogens is 284 g/mol. The zero-order valence-electron chi connectivity index (χ0n) is 12.6. The van der Waals surface area contributed by atoms with Gasteiger partial charge in [0.25, 0.3) is 0 Å². The van der Waals surface area contributed by atoms with E-state index >= 15 is 0 Å². The number of rotatable bonds is 9. The van der Waals surface area contributed by atoms with Crippen LogP contribution in [0.2, 0.25) is 0 Å². The number of hydrogen-bond acceptors (Lipinski definition) is 5. The molecule has 0 radical (unpaired) electrons. The van der Waals surface area contributed by atoms with E-state index in [4.69, 9.17) is 9.15 Å². The van der Waals surface area contributed by atoms with Gasteiger partial charge in [-0.15, -0.1) is 11.8 Å². The predicted octanol–water partition coefficient (Wildman–Crippen LogP) is 3.23. The van der Waals surface area contributed by atoms with E-state index in [-0.39, 0.29) is 0 Å². The summed E-state index contributed by atoms with van der Waals surface area (Å²) in [6, 6.07) is 8.24. The Morgan fingerprint density at radius 1 is 1.29 bits per heavy atom. The minimum atomic E-state index is 0.745. The summed E-state index contributed by atoms with van der Waals surface area (Å²) in [6.45, 7) is 2.57. The first-order chi connectivity index (χ1) is 10.3. The Kier molecular flexibility index (Phi) is 6.79. The monoisotopic (exact) mass is 306 g/mol. The molecule has 1 aromatic heterocycles. The molecule has 0 saturated carbocycles. The van der Waals surface area contributed by atoms with Gasteiger partial charge in [-0.1, -0.05) is 18.2 Å². The molecule has 1 aromatic carbocycles. The fourth-order valence-electron chi connectivity index (χ4n) is 2.06. The van der Waals surface area contributed by atoms with Crippen LogP contribution < -0.4 is 5.32 Å². The van der Waals surface area contributed by atoms with Crippen LogP contribution in [-0.2, 0) is 11.2 Å². The SMILES string of the molecule is COCCNCCCc1ncc(-c2ccccc2SC)o1. The van der Waals surface area contributed by atoms with Crippen LogP contribution in [0.25, 0.3) is 11.3 Å². The van der Waals surface area contributed by atoms with Crippen molar-refractivity contribution in [1.29, 1.82) is 0 Å². The van der Waals surface area contributed by atoms with E-state index < -0.39 is 0 Å². The van der Waals surface area contributed by atoms with Crippen LogP contribution in [0.3, 0.4) is 0 Å². The first-order valence-electron chi connectivity index (χ1n) is 7.13. The van der Waals surface area contributed by atoms with Crippen molar-refractivity contribution in [2.45, 2.75) is 17.7 Å². The zero-order valence-corrected chi connectivity index (χ0v) is 13.4. The molecule has 0 spiro atoms. The van der Waals surface area contributed by atoms with Crippen molar-refractivity contribution < 1.29 is 9.15 Å². The lowest BCUT2D eigenvalue weighted by Gasteiger charge is -2.03. The quantitative estimate of drug-likeness (QED) is 0.569. The van der Waals surface area contributed by atoms with Gasteiger partial charge in [0.15, 0.2) is 11.7 Å². The first-order valence-corrected chi connectivity index (χ1v) is 8.35. The van der Waals surface area contributed by atoms with Gasteiger partial charge >= 0.3 is 0 Å². The van der Waals surface area contributed by atoms with Crippen LogP contribution in [0.4, 0.5) is 0 Å². The fourth-order valence-corrected chi connectivity index (χ4v) is 2.67. The standard InChI is InChI=1S/C16H22N2O2S/c1-19-11-10-17-9-5-8-16-18-12-14(20-16)13-6-3-4-7-15(13)21-2/h3-4,6-7,12,17H,5,8-11H2,1-2H3. The molecule has 0 aliphatic heterocycles. The number of hydrogen-bond donors (Lipinski definition) is 1. The van der Waals surface area contributed by atoms with Gasteiger partial charge < -0.3 is 14.5 Å². The zero-order chi connectivity index (χ0) is 14.9. The third-order valence-corrected chi connectivity index (χ3v) is 3.95. The lowest BCUT2D eigenvalue weighted by atomic mass is 10.2. The summed E-state index contributed by atoms with van der Waals surface area (Å²) in [5, 5.41) is 3.32. The van der Waals surface area contributed by atoms with Gasteiger partial charge in [-0.2, -0.15) is 0 Å². The highest BCUT2D eigenvalue weighted by Gasteiger charge is 2.09. The topological polar surface area (TPSA) is 47.3 Å². The lowest BCUT2D eigenvalue weighted by Crippen LogP contribution is -2.20. The third kappa shape index (κ3) is 4.88. The Labute approximate surface area is 130 Å². The van der Waals surface area contributed by atoms with Crippen molar-refractivity contribution in [2.24, 2.45) is 0 Å². The van der Waals surface area contributed by atoms with Crippen molar-refractivity contribution in [2.75, 3.05) is 33.1 Å². The second-order valence-electron chi connectivity index (χ2n) is 4.66. The summed E-state index contributed by atoms with van der Waals surface area (Å²) in [5.41, 5.74) is 1.11. The van der Waals surface area contributed by atoms with Crippen LogP contribution >= 0.6 is 11.8 Å². The number of aryl methyl sites for hydroxylation is 1. The number of aromatic nitrogens is 1. The summed E-state index contributed by atoms with van der Waals surface area (Å²) in [6.07, 6.45) is 5.75. The summed E-state index contributed by atoms with van der Waals surface area (Å²) in [4.78, 5) is 5.58. The Balaban J connectivity index is 1.87. The molecule has 1 heterocycles. The molecule has 2 aromatic rings. The van der Waals surface area contributed by atoms with E-state index in [1.54, 1.807) is 18.9 Å². The largest absolute Gasteiger partial charge is 0.441 e. The molecule has 0 aliphatic carbocycles. The molecule has 4 nitrogen and oxygen atoms in total. The van der Waals surface area contributed by atoms with Crippen LogP contribution in [0.15, 0.2) is 39.8 Å². The van der Waals surface area contributed by atoms with Gasteiger partial charge in [-0.25, -0.2) is 4.98 Å². The van der Waals surface area contributed by atoms with Crippen molar-refractivity contribution in [3.63, 3.8) is 0 Å². The van der Waals surface area contributed by atoms with Crippen molar-refractivity contribution in [1.82, 2.24) is 10.3 Å². The summed E-state index contributed by atoms with van der Waals surface area (Å²) < 4.78 is 10.8. The predicted molar refractivity (Wildman–Crippen MR) is 86.8 cm³/mol. The second kappa shape index (κ2) is 8.87. The maximum atomic E-state index is 5.86. The molecule has 0 saturated heterocycles. The Morgan fingerprint density at radius 3 is 2.95 bits per heavy atom. The fraction of sp³-hybridized carbons (Fsp3) is 0.438. The normalized spacial score (nSPS) is 11.0. The van der Waals surface area contributed by atoms with Crippen molar-refractivity contribution in [3.8, 4) is 11.3 Å². The van der Waals surface area contributed by atoms with Gasteiger partial charge in [-0.05, 0) is 25.3 Å². The highest BCUT2D eigenvalue weighted by molar-refractivity contribution is 7.98. The molecule has 21 heavy (non-hydrogen) atoms. The molecule has 0 atom stereocenters. The summed E-state index contributed by atoms with van der Waals surface area (Å²) >= 11 is 1.72. The average molecular weight is 306 g/mol. The number of oxazole rings is 1. The van der Waals surface area contributed by atoms with E-state index in [0.717, 1.165) is 49.8 Å². The number of methoxy groups -OCH3 is 1. The molecule has 0 amide bonds. The minimum absolute atomic E-state index is 0.745. The Bertz CT molecular complexity index is 543. The van der Waals surface area contributed by atoms with E-state index in [1.165, 1.54) is 4.90 Å². The van der Waals surface area contributed by atoms with Gasteiger partial charge in [0.05, 0.1) is 12.8 Å². The van der Waals surface area contributed by atoms with Crippen LogP contribution in [-0.4, -0.2) is 38.0 Å². The molecule has 1 N–H and O–H groups in total. The van der Waals surface area contributed by atoms with Crippen LogP contribution in [0.5, 0.6) is 0 Å². The highest BCUT2D eigenvalue weighted by atomic mass is 32.2. The lowest BCUT2D eigenvalue weighted by molar-refractivity contribution is 0.199. The number of thioether (sulfide) groups is 1.